The van der Waals surface area contributed by atoms with Crippen LogP contribution in [0.2, 0.25) is 0 Å². The van der Waals surface area contributed by atoms with Crippen LogP contribution >= 0.6 is 0 Å². The quantitative estimate of drug-likeness (QED) is 0.436. The van der Waals surface area contributed by atoms with Crippen LogP contribution in [0, 0.1) is 29.6 Å². The summed E-state index contributed by atoms with van der Waals surface area (Å²) < 4.78 is 5.94. The van der Waals surface area contributed by atoms with Gasteiger partial charge in [-0.25, -0.2) is 0 Å². The Kier molecular flexibility index (Phi) is 8.52. The molecule has 3 fully saturated rings. The van der Waals surface area contributed by atoms with Gasteiger partial charge >= 0.3 is 5.97 Å². The van der Waals surface area contributed by atoms with E-state index in [1.165, 1.54) is 77.0 Å². The van der Waals surface area contributed by atoms with Crippen LogP contribution < -0.4 is 0 Å². The molecule has 0 bridgehead atoms. The molecule has 0 aromatic rings. The Labute approximate surface area is 168 Å². The third-order valence-electron chi connectivity index (χ3n) is 8.13. The number of rotatable bonds is 7. The molecule has 3 rings (SSSR count). The van der Waals surface area contributed by atoms with Crippen LogP contribution in [0.4, 0.5) is 0 Å². The van der Waals surface area contributed by atoms with Crippen molar-refractivity contribution in [3.8, 4) is 0 Å². The average molecular weight is 377 g/mol. The molecule has 0 aromatic heterocycles. The average Bonchev–Trinajstić information content (AvgIpc) is 2.71. The van der Waals surface area contributed by atoms with Crippen molar-refractivity contribution in [3.63, 3.8) is 0 Å². The molecule has 0 amide bonds. The summed E-state index contributed by atoms with van der Waals surface area (Å²) in [5.41, 5.74) is 0. The molecule has 0 radical (unpaired) electrons. The zero-order valence-corrected chi connectivity index (χ0v) is 18.1. The highest BCUT2D eigenvalue weighted by molar-refractivity contribution is 5.72. The van der Waals surface area contributed by atoms with Gasteiger partial charge in [0.2, 0.25) is 0 Å². The van der Waals surface area contributed by atoms with E-state index in [4.69, 9.17) is 4.74 Å². The molecule has 0 spiro atoms. The molecule has 3 saturated carbocycles. The second-order valence-corrected chi connectivity index (χ2v) is 10.0. The van der Waals surface area contributed by atoms with E-state index in [0.29, 0.717) is 0 Å². The standard InChI is InChI=1S/C25H44O2/c1-3-5-19-7-11-21(12-8-19)22-13-15-23(16-14-22)25(26)27-24-17-9-20(6-4-2)10-18-24/h19-24H,3-18H2,1-2H3/t19-,20-,21-,22?,23?,24-. The van der Waals surface area contributed by atoms with Crippen molar-refractivity contribution in [1.82, 2.24) is 0 Å². The van der Waals surface area contributed by atoms with Crippen molar-refractivity contribution in [2.24, 2.45) is 29.6 Å². The number of carbonyl (C=O) groups is 1. The lowest BCUT2D eigenvalue weighted by atomic mass is 9.69. The molecule has 0 saturated heterocycles. The summed E-state index contributed by atoms with van der Waals surface area (Å²) >= 11 is 0. The highest BCUT2D eigenvalue weighted by Crippen LogP contribution is 2.42. The normalized spacial score (nSPS) is 37.7. The molecular weight excluding hydrogens is 332 g/mol. The molecule has 156 valence electrons. The van der Waals surface area contributed by atoms with Crippen molar-refractivity contribution in [3.05, 3.63) is 0 Å². The van der Waals surface area contributed by atoms with Crippen molar-refractivity contribution in [1.29, 1.82) is 0 Å². The third-order valence-corrected chi connectivity index (χ3v) is 8.13. The van der Waals surface area contributed by atoms with Gasteiger partial charge in [-0.15, -0.1) is 0 Å². The topological polar surface area (TPSA) is 26.3 Å². The lowest BCUT2D eigenvalue weighted by molar-refractivity contribution is -0.157. The smallest absolute Gasteiger partial charge is 0.309 e. The van der Waals surface area contributed by atoms with Gasteiger partial charge in [-0.05, 0) is 87.9 Å². The van der Waals surface area contributed by atoms with Crippen LogP contribution in [0.25, 0.3) is 0 Å². The molecule has 2 heteroatoms. The molecule has 0 heterocycles. The first kappa shape index (κ1) is 21.2. The highest BCUT2D eigenvalue weighted by atomic mass is 16.5. The van der Waals surface area contributed by atoms with Crippen molar-refractivity contribution in [2.45, 2.75) is 123 Å². The van der Waals surface area contributed by atoms with Gasteiger partial charge in [0.15, 0.2) is 0 Å². The molecule has 0 aliphatic heterocycles. The van der Waals surface area contributed by atoms with E-state index < -0.39 is 0 Å². The van der Waals surface area contributed by atoms with Gasteiger partial charge in [0.1, 0.15) is 6.10 Å². The second-order valence-electron chi connectivity index (χ2n) is 10.0. The van der Waals surface area contributed by atoms with Crippen LogP contribution in [-0.4, -0.2) is 12.1 Å². The molecule has 27 heavy (non-hydrogen) atoms. The zero-order chi connectivity index (χ0) is 19.1. The first-order valence-electron chi connectivity index (χ1n) is 12.4. The third kappa shape index (κ3) is 6.23. The summed E-state index contributed by atoms with van der Waals surface area (Å²) in [6, 6.07) is 0. The zero-order valence-electron chi connectivity index (χ0n) is 18.1. The van der Waals surface area contributed by atoms with E-state index in [0.717, 1.165) is 49.4 Å². The van der Waals surface area contributed by atoms with E-state index in [1.54, 1.807) is 0 Å². The Hall–Kier alpha value is -0.530. The fraction of sp³-hybridized carbons (Fsp3) is 0.960. The predicted octanol–water partition coefficient (Wildman–Crippen LogP) is 7.30. The molecule has 3 aliphatic carbocycles. The highest BCUT2D eigenvalue weighted by Gasteiger charge is 2.34. The Bertz CT molecular complexity index is 422. The fourth-order valence-electron chi connectivity index (χ4n) is 6.39. The summed E-state index contributed by atoms with van der Waals surface area (Å²) in [4.78, 5) is 12.6. The van der Waals surface area contributed by atoms with E-state index in [-0.39, 0.29) is 18.0 Å². The molecule has 3 aliphatic rings. The monoisotopic (exact) mass is 376 g/mol. The van der Waals surface area contributed by atoms with Gasteiger partial charge < -0.3 is 4.74 Å². The van der Waals surface area contributed by atoms with E-state index in [2.05, 4.69) is 13.8 Å². The molecular formula is C25H44O2. The van der Waals surface area contributed by atoms with Gasteiger partial charge in [0, 0.05) is 0 Å². The van der Waals surface area contributed by atoms with Crippen LogP contribution in [0.15, 0.2) is 0 Å². The summed E-state index contributed by atoms with van der Waals surface area (Å²) in [6.45, 7) is 4.60. The van der Waals surface area contributed by atoms with Gasteiger partial charge in [0.25, 0.3) is 0 Å². The molecule has 0 N–H and O–H groups in total. The largest absolute Gasteiger partial charge is 0.462 e. The minimum absolute atomic E-state index is 0.138. The maximum Gasteiger partial charge on any atom is 0.309 e. The Morgan fingerprint density at radius 3 is 1.59 bits per heavy atom. The van der Waals surface area contributed by atoms with Crippen molar-refractivity contribution < 1.29 is 9.53 Å². The lowest BCUT2D eigenvalue weighted by Gasteiger charge is -2.37. The van der Waals surface area contributed by atoms with Crippen LogP contribution in [0.5, 0.6) is 0 Å². The molecule has 0 unspecified atom stereocenters. The van der Waals surface area contributed by atoms with Crippen LogP contribution in [0.1, 0.15) is 117 Å². The SMILES string of the molecule is CCC[C@H]1CC[C@H](OC(=O)C2CCC([C@H]3CC[C@H](CCC)CC3)CC2)CC1. The first-order valence-corrected chi connectivity index (χ1v) is 12.4. The van der Waals surface area contributed by atoms with Crippen LogP contribution in [-0.2, 0) is 9.53 Å². The summed E-state index contributed by atoms with van der Waals surface area (Å²) in [5, 5.41) is 0. The number of carbonyl (C=O) groups excluding carboxylic acids is 1. The summed E-state index contributed by atoms with van der Waals surface area (Å²) in [7, 11) is 0. The lowest BCUT2D eigenvalue weighted by Crippen LogP contribution is -2.32. The Morgan fingerprint density at radius 2 is 1.11 bits per heavy atom. The van der Waals surface area contributed by atoms with Gasteiger partial charge in [-0.3, -0.25) is 4.79 Å². The van der Waals surface area contributed by atoms with Gasteiger partial charge in [0.05, 0.1) is 5.92 Å². The van der Waals surface area contributed by atoms with Crippen molar-refractivity contribution >= 4 is 5.97 Å². The maximum absolute atomic E-state index is 12.6. The minimum atomic E-state index is 0.138. The van der Waals surface area contributed by atoms with Gasteiger partial charge in [-0.1, -0.05) is 52.4 Å². The maximum atomic E-state index is 12.6. The first-order chi connectivity index (χ1) is 13.2. The number of esters is 1. The van der Waals surface area contributed by atoms with Crippen LogP contribution in [0.3, 0.4) is 0 Å². The van der Waals surface area contributed by atoms with Gasteiger partial charge in [-0.2, -0.15) is 0 Å². The fourth-order valence-corrected chi connectivity index (χ4v) is 6.39. The molecule has 0 aromatic carbocycles. The summed E-state index contributed by atoms with van der Waals surface area (Å²) in [5.74, 6) is 4.06. The number of hydrogen-bond acceptors (Lipinski definition) is 2. The Balaban J connectivity index is 1.34. The summed E-state index contributed by atoms with van der Waals surface area (Å²) in [6.07, 6.45) is 20.9. The van der Waals surface area contributed by atoms with E-state index in [1.807, 2.05) is 0 Å². The van der Waals surface area contributed by atoms with Crippen molar-refractivity contribution in [2.75, 3.05) is 0 Å². The Morgan fingerprint density at radius 1 is 0.667 bits per heavy atom. The number of ether oxygens (including phenoxy) is 1. The minimum Gasteiger partial charge on any atom is -0.462 e. The molecule has 2 nitrogen and oxygen atoms in total. The number of hydrogen-bond donors (Lipinski definition) is 0. The van der Waals surface area contributed by atoms with E-state index in [9.17, 15) is 4.79 Å². The second kappa shape index (κ2) is 10.9. The predicted molar refractivity (Wildman–Crippen MR) is 113 cm³/mol. The molecule has 0 atom stereocenters. The van der Waals surface area contributed by atoms with E-state index >= 15 is 0 Å².